The highest BCUT2D eigenvalue weighted by Gasteiger charge is 2.33. The van der Waals surface area contributed by atoms with E-state index in [1.54, 1.807) is 26.0 Å². The minimum absolute atomic E-state index is 0.0988. The molecular formula is C20H22FNO4. The van der Waals surface area contributed by atoms with Crippen molar-refractivity contribution in [3.05, 3.63) is 65.5 Å². The average molecular weight is 359 g/mol. The van der Waals surface area contributed by atoms with Gasteiger partial charge in [0.15, 0.2) is 0 Å². The molecule has 0 aliphatic heterocycles. The Balaban J connectivity index is 2.17. The molecule has 2 aromatic rings. The van der Waals surface area contributed by atoms with Crippen molar-refractivity contribution >= 4 is 11.9 Å². The van der Waals surface area contributed by atoms with Crippen LogP contribution < -0.4 is 10.1 Å². The molecule has 0 aromatic heterocycles. The van der Waals surface area contributed by atoms with Gasteiger partial charge in [-0.3, -0.25) is 9.59 Å². The standard InChI is InChI=1S/C20H22FNO4/c1-20(2,16-6-4-5-7-17(16)26-3)19(25)22-12-15(18(23)24)13-8-10-14(21)11-9-13/h4-11,15H,12H2,1-3H3,(H,22,25)(H,23,24). The number of nitrogens with one attached hydrogen (secondary N) is 1. The van der Waals surface area contributed by atoms with E-state index in [9.17, 15) is 19.1 Å². The summed E-state index contributed by atoms with van der Waals surface area (Å²) in [4.78, 5) is 24.3. The average Bonchev–Trinajstić information content (AvgIpc) is 2.62. The fraction of sp³-hybridized carbons (Fsp3) is 0.300. The van der Waals surface area contributed by atoms with Crippen molar-refractivity contribution in [3.8, 4) is 5.75 Å². The Bertz CT molecular complexity index is 787. The van der Waals surface area contributed by atoms with Crippen molar-refractivity contribution < 1.29 is 23.8 Å². The van der Waals surface area contributed by atoms with Crippen molar-refractivity contribution in [2.75, 3.05) is 13.7 Å². The lowest BCUT2D eigenvalue weighted by Gasteiger charge is -2.27. The van der Waals surface area contributed by atoms with E-state index in [4.69, 9.17) is 4.74 Å². The molecule has 2 aromatic carbocycles. The van der Waals surface area contributed by atoms with Crippen LogP contribution in [0.15, 0.2) is 48.5 Å². The Kier molecular flexibility index (Phi) is 5.97. The van der Waals surface area contributed by atoms with Gasteiger partial charge in [0.25, 0.3) is 0 Å². The van der Waals surface area contributed by atoms with Crippen LogP contribution in [-0.4, -0.2) is 30.6 Å². The maximum absolute atomic E-state index is 13.1. The molecule has 1 atom stereocenters. The monoisotopic (exact) mass is 359 g/mol. The summed E-state index contributed by atoms with van der Waals surface area (Å²) < 4.78 is 18.4. The van der Waals surface area contributed by atoms with Crippen LogP contribution in [0.4, 0.5) is 4.39 Å². The molecule has 6 heteroatoms. The van der Waals surface area contributed by atoms with Crippen LogP contribution in [0.25, 0.3) is 0 Å². The quantitative estimate of drug-likeness (QED) is 0.797. The summed E-state index contributed by atoms with van der Waals surface area (Å²) in [6.45, 7) is 3.39. The number of carboxylic acid groups (broad SMARTS) is 1. The zero-order valence-electron chi connectivity index (χ0n) is 15.0. The van der Waals surface area contributed by atoms with Crippen LogP contribution in [0, 0.1) is 5.82 Å². The molecule has 0 bridgehead atoms. The number of methoxy groups -OCH3 is 1. The lowest BCUT2D eigenvalue weighted by atomic mass is 9.83. The number of halogens is 1. The van der Waals surface area contributed by atoms with E-state index in [1.165, 1.54) is 31.4 Å². The van der Waals surface area contributed by atoms with Crippen LogP contribution in [0.5, 0.6) is 5.75 Å². The highest BCUT2D eigenvalue weighted by molar-refractivity contribution is 5.88. The number of carboxylic acids is 1. The first-order chi connectivity index (χ1) is 12.3. The van der Waals surface area contributed by atoms with Crippen LogP contribution >= 0.6 is 0 Å². The number of amides is 1. The first kappa shape index (κ1) is 19.4. The second-order valence-corrected chi connectivity index (χ2v) is 6.48. The lowest BCUT2D eigenvalue weighted by Crippen LogP contribution is -2.42. The Morgan fingerprint density at radius 3 is 2.35 bits per heavy atom. The summed E-state index contributed by atoms with van der Waals surface area (Å²) in [6, 6.07) is 12.4. The van der Waals surface area contributed by atoms with E-state index in [0.29, 0.717) is 16.9 Å². The highest BCUT2D eigenvalue weighted by Crippen LogP contribution is 2.31. The van der Waals surface area contributed by atoms with Crippen molar-refractivity contribution in [2.24, 2.45) is 0 Å². The molecule has 0 aliphatic carbocycles. The highest BCUT2D eigenvalue weighted by atomic mass is 19.1. The third-order valence-corrected chi connectivity index (χ3v) is 4.39. The molecule has 0 saturated carbocycles. The van der Waals surface area contributed by atoms with Crippen molar-refractivity contribution in [3.63, 3.8) is 0 Å². The first-order valence-corrected chi connectivity index (χ1v) is 8.17. The van der Waals surface area contributed by atoms with Crippen LogP contribution in [0.1, 0.15) is 30.9 Å². The molecule has 26 heavy (non-hydrogen) atoms. The van der Waals surface area contributed by atoms with Crippen molar-refractivity contribution in [1.29, 1.82) is 0 Å². The Morgan fingerprint density at radius 1 is 1.15 bits per heavy atom. The van der Waals surface area contributed by atoms with Gasteiger partial charge in [-0.05, 0) is 37.6 Å². The van der Waals surface area contributed by atoms with Crippen LogP contribution in [0.3, 0.4) is 0 Å². The molecule has 0 aliphatic rings. The summed E-state index contributed by atoms with van der Waals surface area (Å²) in [7, 11) is 1.53. The topological polar surface area (TPSA) is 75.6 Å². The molecule has 0 radical (unpaired) electrons. The fourth-order valence-electron chi connectivity index (χ4n) is 2.74. The molecule has 0 fully saturated rings. The van der Waals surface area contributed by atoms with E-state index in [2.05, 4.69) is 5.32 Å². The van der Waals surface area contributed by atoms with Crippen molar-refractivity contribution in [2.45, 2.75) is 25.2 Å². The zero-order valence-corrected chi connectivity index (χ0v) is 15.0. The third-order valence-electron chi connectivity index (χ3n) is 4.39. The number of para-hydroxylation sites is 1. The number of carbonyl (C=O) groups excluding carboxylic acids is 1. The molecule has 2 rings (SSSR count). The molecule has 0 heterocycles. The van der Waals surface area contributed by atoms with E-state index in [0.717, 1.165) is 0 Å². The van der Waals surface area contributed by atoms with Gasteiger partial charge in [0, 0.05) is 12.1 Å². The molecular weight excluding hydrogens is 337 g/mol. The second kappa shape index (κ2) is 7.99. The Labute approximate surface area is 151 Å². The molecule has 2 N–H and O–H groups in total. The van der Waals surface area contributed by atoms with Gasteiger partial charge in [-0.1, -0.05) is 30.3 Å². The van der Waals surface area contributed by atoms with Gasteiger partial charge in [-0.15, -0.1) is 0 Å². The largest absolute Gasteiger partial charge is 0.496 e. The van der Waals surface area contributed by atoms with Gasteiger partial charge in [-0.25, -0.2) is 4.39 Å². The Morgan fingerprint density at radius 2 is 1.77 bits per heavy atom. The van der Waals surface area contributed by atoms with Crippen LogP contribution in [0.2, 0.25) is 0 Å². The number of hydrogen-bond acceptors (Lipinski definition) is 3. The number of rotatable bonds is 7. The minimum atomic E-state index is -1.09. The zero-order chi connectivity index (χ0) is 19.3. The predicted molar refractivity (Wildman–Crippen MR) is 95.8 cm³/mol. The van der Waals surface area contributed by atoms with E-state index < -0.39 is 23.1 Å². The van der Waals surface area contributed by atoms with Gasteiger partial charge >= 0.3 is 5.97 Å². The van der Waals surface area contributed by atoms with E-state index >= 15 is 0 Å². The number of ether oxygens (including phenoxy) is 1. The third kappa shape index (κ3) is 4.20. The number of carbonyl (C=O) groups is 2. The molecule has 0 saturated heterocycles. The number of benzene rings is 2. The van der Waals surface area contributed by atoms with Crippen molar-refractivity contribution in [1.82, 2.24) is 5.32 Å². The molecule has 0 spiro atoms. The van der Waals surface area contributed by atoms with Gasteiger partial charge in [0.1, 0.15) is 11.6 Å². The normalized spacial score (nSPS) is 12.3. The summed E-state index contributed by atoms with van der Waals surface area (Å²) >= 11 is 0. The smallest absolute Gasteiger partial charge is 0.312 e. The van der Waals surface area contributed by atoms with Gasteiger partial charge in [0.05, 0.1) is 18.4 Å². The van der Waals surface area contributed by atoms with Gasteiger partial charge in [0.2, 0.25) is 5.91 Å². The van der Waals surface area contributed by atoms with Gasteiger partial charge in [-0.2, -0.15) is 0 Å². The predicted octanol–water partition coefficient (Wildman–Crippen LogP) is 3.10. The first-order valence-electron chi connectivity index (χ1n) is 8.17. The summed E-state index contributed by atoms with van der Waals surface area (Å²) in [5, 5.41) is 12.1. The van der Waals surface area contributed by atoms with E-state index in [1.807, 2.05) is 12.1 Å². The van der Waals surface area contributed by atoms with Gasteiger partial charge < -0.3 is 15.2 Å². The minimum Gasteiger partial charge on any atom is -0.496 e. The van der Waals surface area contributed by atoms with Crippen LogP contribution in [-0.2, 0) is 15.0 Å². The molecule has 1 unspecified atom stereocenters. The van der Waals surface area contributed by atoms with E-state index in [-0.39, 0.29) is 12.5 Å². The SMILES string of the molecule is COc1ccccc1C(C)(C)C(=O)NCC(C(=O)O)c1ccc(F)cc1. The number of hydrogen-bond donors (Lipinski definition) is 2. The summed E-state index contributed by atoms with van der Waals surface area (Å²) in [6.07, 6.45) is 0. The maximum Gasteiger partial charge on any atom is 0.312 e. The number of aliphatic carboxylic acids is 1. The maximum atomic E-state index is 13.1. The Hall–Kier alpha value is -2.89. The molecule has 1 amide bonds. The lowest BCUT2D eigenvalue weighted by molar-refractivity contribution is -0.138. The molecule has 138 valence electrons. The summed E-state index contributed by atoms with van der Waals surface area (Å²) in [5.41, 5.74) is 0.210. The summed E-state index contributed by atoms with van der Waals surface area (Å²) in [5.74, 6) is -2.24. The fourth-order valence-corrected chi connectivity index (χ4v) is 2.74. The molecule has 5 nitrogen and oxygen atoms in total. The second-order valence-electron chi connectivity index (χ2n) is 6.48.